The summed E-state index contributed by atoms with van der Waals surface area (Å²) in [5, 5.41) is 13.6. The summed E-state index contributed by atoms with van der Waals surface area (Å²) >= 11 is 0. The molecule has 20 heavy (non-hydrogen) atoms. The molecule has 4 bridgehead atoms. The number of aliphatic hydroxyl groups excluding tert-OH is 1. The van der Waals surface area contributed by atoms with E-state index in [4.69, 9.17) is 0 Å². The maximum Gasteiger partial charge on any atom is 0.0626 e. The Balaban J connectivity index is 1.50. The van der Waals surface area contributed by atoms with Crippen LogP contribution in [-0.2, 0) is 0 Å². The minimum Gasteiger partial charge on any atom is -0.394 e. The third-order valence-corrected chi connectivity index (χ3v) is 6.00. The third-order valence-electron chi connectivity index (χ3n) is 6.00. The number of hydrogen-bond donors (Lipinski definition) is 2. The average Bonchev–Trinajstić information content (AvgIpc) is 2.47. The van der Waals surface area contributed by atoms with E-state index in [2.05, 4.69) is 29.6 Å². The molecule has 2 heteroatoms. The fourth-order valence-corrected chi connectivity index (χ4v) is 5.37. The minimum atomic E-state index is 0.110. The first-order valence-corrected chi connectivity index (χ1v) is 8.25. The van der Waals surface area contributed by atoms with Crippen molar-refractivity contribution in [2.45, 2.75) is 44.2 Å². The normalized spacial score (nSPS) is 40.0. The van der Waals surface area contributed by atoms with Gasteiger partial charge in [0.25, 0.3) is 0 Å². The molecule has 1 aromatic rings. The molecule has 4 aliphatic rings. The fourth-order valence-electron chi connectivity index (χ4n) is 5.37. The smallest absolute Gasteiger partial charge is 0.0626 e. The molecule has 4 fully saturated rings. The van der Waals surface area contributed by atoms with Gasteiger partial charge in [-0.25, -0.2) is 0 Å². The van der Waals surface area contributed by atoms with Crippen molar-refractivity contribution in [1.82, 2.24) is 5.32 Å². The SMILES string of the molecule is OC[C@H](NC1C2CC3CC(C2)CC1C3)c1ccccc1. The highest BCUT2D eigenvalue weighted by molar-refractivity contribution is 5.19. The van der Waals surface area contributed by atoms with E-state index in [1.807, 2.05) is 6.07 Å². The van der Waals surface area contributed by atoms with Crippen molar-refractivity contribution in [2.24, 2.45) is 23.7 Å². The lowest BCUT2D eigenvalue weighted by atomic mass is 9.54. The Morgan fingerprint density at radius 2 is 1.55 bits per heavy atom. The average molecular weight is 271 g/mol. The van der Waals surface area contributed by atoms with Crippen molar-refractivity contribution < 1.29 is 5.11 Å². The molecule has 4 saturated carbocycles. The van der Waals surface area contributed by atoms with Crippen molar-refractivity contribution in [1.29, 1.82) is 0 Å². The van der Waals surface area contributed by atoms with E-state index >= 15 is 0 Å². The molecule has 0 heterocycles. The number of rotatable bonds is 4. The van der Waals surface area contributed by atoms with Gasteiger partial charge < -0.3 is 10.4 Å². The van der Waals surface area contributed by atoms with Crippen LogP contribution in [0.15, 0.2) is 30.3 Å². The van der Waals surface area contributed by atoms with Crippen LogP contribution in [0.25, 0.3) is 0 Å². The van der Waals surface area contributed by atoms with Gasteiger partial charge >= 0.3 is 0 Å². The van der Waals surface area contributed by atoms with E-state index in [0.29, 0.717) is 6.04 Å². The van der Waals surface area contributed by atoms with Gasteiger partial charge in [0.05, 0.1) is 12.6 Å². The first-order chi connectivity index (χ1) is 9.83. The standard InChI is InChI=1S/C18H25NO/c20-11-17(14-4-2-1-3-5-14)19-18-15-7-12-6-13(9-15)10-16(18)8-12/h1-5,12-13,15-20H,6-11H2/t12?,13?,15?,16?,17-,18?/m0/s1. The van der Waals surface area contributed by atoms with Crippen molar-refractivity contribution in [3.05, 3.63) is 35.9 Å². The van der Waals surface area contributed by atoms with E-state index < -0.39 is 0 Å². The largest absolute Gasteiger partial charge is 0.394 e. The van der Waals surface area contributed by atoms with Crippen LogP contribution in [0.2, 0.25) is 0 Å². The third kappa shape index (κ3) is 2.19. The van der Waals surface area contributed by atoms with Crippen LogP contribution in [0.3, 0.4) is 0 Å². The molecule has 0 amide bonds. The summed E-state index contributed by atoms with van der Waals surface area (Å²) in [7, 11) is 0. The van der Waals surface area contributed by atoms with E-state index in [-0.39, 0.29) is 12.6 Å². The molecule has 0 spiro atoms. The zero-order valence-electron chi connectivity index (χ0n) is 12.0. The Bertz CT molecular complexity index is 430. The Kier molecular flexibility index (Phi) is 3.31. The molecule has 0 unspecified atom stereocenters. The second kappa shape index (κ2) is 5.16. The molecule has 2 N–H and O–H groups in total. The predicted molar refractivity (Wildman–Crippen MR) is 80.2 cm³/mol. The number of aliphatic hydroxyl groups is 1. The van der Waals surface area contributed by atoms with Gasteiger partial charge in [-0.15, -0.1) is 0 Å². The van der Waals surface area contributed by atoms with Crippen LogP contribution in [0, 0.1) is 23.7 Å². The van der Waals surface area contributed by atoms with Crippen LogP contribution >= 0.6 is 0 Å². The Labute approximate surface area is 121 Å². The van der Waals surface area contributed by atoms with Gasteiger partial charge in [0.1, 0.15) is 0 Å². The topological polar surface area (TPSA) is 32.3 Å². The van der Waals surface area contributed by atoms with Crippen LogP contribution in [0.4, 0.5) is 0 Å². The van der Waals surface area contributed by atoms with Crippen molar-refractivity contribution in [3.63, 3.8) is 0 Å². The molecule has 0 saturated heterocycles. The van der Waals surface area contributed by atoms with Gasteiger partial charge in [0, 0.05) is 6.04 Å². The zero-order valence-corrected chi connectivity index (χ0v) is 12.0. The molecule has 0 radical (unpaired) electrons. The second-order valence-electron chi connectivity index (χ2n) is 7.27. The highest BCUT2D eigenvalue weighted by atomic mass is 16.3. The maximum atomic E-state index is 9.77. The first kappa shape index (κ1) is 12.8. The molecule has 1 atom stereocenters. The zero-order chi connectivity index (χ0) is 13.5. The van der Waals surface area contributed by atoms with E-state index in [1.165, 1.54) is 37.7 Å². The summed E-state index contributed by atoms with van der Waals surface area (Å²) in [6.45, 7) is 0.201. The summed E-state index contributed by atoms with van der Waals surface area (Å²) in [5.74, 6) is 3.76. The van der Waals surface area contributed by atoms with Gasteiger partial charge in [-0.1, -0.05) is 30.3 Å². The van der Waals surface area contributed by atoms with Crippen LogP contribution in [-0.4, -0.2) is 17.8 Å². The van der Waals surface area contributed by atoms with Crippen LogP contribution in [0.1, 0.15) is 43.7 Å². The quantitative estimate of drug-likeness (QED) is 0.882. The summed E-state index contributed by atoms with van der Waals surface area (Å²) in [4.78, 5) is 0. The summed E-state index contributed by atoms with van der Waals surface area (Å²) < 4.78 is 0. The Morgan fingerprint density at radius 3 is 2.10 bits per heavy atom. The molecule has 0 aliphatic heterocycles. The molecule has 2 nitrogen and oxygen atoms in total. The lowest BCUT2D eigenvalue weighted by Gasteiger charge is -2.55. The maximum absolute atomic E-state index is 9.77. The Hall–Kier alpha value is -0.860. The number of hydrogen-bond acceptors (Lipinski definition) is 2. The number of nitrogens with one attached hydrogen (secondary N) is 1. The van der Waals surface area contributed by atoms with E-state index in [0.717, 1.165) is 23.7 Å². The van der Waals surface area contributed by atoms with Gasteiger partial charge in [0.2, 0.25) is 0 Å². The fraction of sp³-hybridized carbons (Fsp3) is 0.667. The molecule has 0 aromatic heterocycles. The van der Waals surface area contributed by atoms with E-state index in [9.17, 15) is 5.11 Å². The number of benzene rings is 1. The molecular weight excluding hydrogens is 246 g/mol. The van der Waals surface area contributed by atoms with Crippen molar-refractivity contribution in [2.75, 3.05) is 6.61 Å². The van der Waals surface area contributed by atoms with Crippen LogP contribution < -0.4 is 5.32 Å². The minimum absolute atomic E-state index is 0.110. The molecule has 1 aromatic carbocycles. The summed E-state index contributed by atoms with van der Waals surface area (Å²) in [6, 6.07) is 11.2. The monoisotopic (exact) mass is 271 g/mol. The van der Waals surface area contributed by atoms with Gasteiger partial charge in [-0.3, -0.25) is 0 Å². The van der Waals surface area contributed by atoms with Crippen LogP contribution in [0.5, 0.6) is 0 Å². The Morgan fingerprint density at radius 1 is 0.950 bits per heavy atom. The van der Waals surface area contributed by atoms with Gasteiger partial charge in [-0.2, -0.15) is 0 Å². The highest BCUT2D eigenvalue weighted by Gasteiger charge is 2.48. The predicted octanol–water partition coefficient (Wildman–Crippen LogP) is 3.13. The summed E-state index contributed by atoms with van der Waals surface area (Å²) in [5.41, 5.74) is 1.23. The van der Waals surface area contributed by atoms with Crippen molar-refractivity contribution in [3.8, 4) is 0 Å². The van der Waals surface area contributed by atoms with Gasteiger partial charge in [0.15, 0.2) is 0 Å². The lowest BCUT2D eigenvalue weighted by Crippen LogP contribution is -2.55. The summed E-state index contributed by atoms with van der Waals surface area (Å²) in [6.07, 6.45) is 7.21. The lowest BCUT2D eigenvalue weighted by molar-refractivity contribution is -0.0202. The highest BCUT2D eigenvalue weighted by Crippen LogP contribution is 2.54. The van der Waals surface area contributed by atoms with Gasteiger partial charge in [-0.05, 0) is 61.3 Å². The molecule has 5 rings (SSSR count). The van der Waals surface area contributed by atoms with E-state index in [1.54, 1.807) is 0 Å². The first-order valence-electron chi connectivity index (χ1n) is 8.25. The second-order valence-corrected chi connectivity index (χ2v) is 7.27. The molecular formula is C18H25NO. The molecule has 4 aliphatic carbocycles. The molecule has 108 valence electrons. The van der Waals surface area contributed by atoms with Crippen molar-refractivity contribution >= 4 is 0 Å².